The molecule has 0 heterocycles. The maximum atomic E-state index is 12.4. The normalized spacial score (nSPS) is 11.9. The number of rotatable bonds is 6. The zero-order valence-corrected chi connectivity index (χ0v) is 14.8. The molecule has 0 radical (unpaired) electrons. The third-order valence-electron chi connectivity index (χ3n) is 4.02. The van der Waals surface area contributed by atoms with Crippen molar-refractivity contribution in [2.75, 3.05) is 0 Å². The van der Waals surface area contributed by atoms with Gasteiger partial charge in [-0.2, -0.15) is 0 Å². The topological polar surface area (TPSA) is 38.3 Å². The van der Waals surface area contributed by atoms with Crippen LogP contribution in [0.1, 0.15) is 18.9 Å². The molecule has 3 nitrogen and oxygen atoms in total. The van der Waals surface area contributed by atoms with Crippen LogP contribution in [0.3, 0.4) is 0 Å². The van der Waals surface area contributed by atoms with Gasteiger partial charge >= 0.3 is 0 Å². The Balaban J connectivity index is 1.63. The molecule has 0 aliphatic heterocycles. The van der Waals surface area contributed by atoms with E-state index in [9.17, 15) is 4.79 Å². The molecule has 0 aliphatic rings. The zero-order chi connectivity index (χ0) is 17.6. The Bertz CT molecular complexity index is 878. The van der Waals surface area contributed by atoms with E-state index in [2.05, 4.69) is 29.6 Å². The van der Waals surface area contributed by atoms with Gasteiger partial charge in [0, 0.05) is 11.6 Å². The van der Waals surface area contributed by atoms with Gasteiger partial charge in [0.1, 0.15) is 5.75 Å². The first-order chi connectivity index (χ1) is 12.2. The highest BCUT2D eigenvalue weighted by molar-refractivity contribution is 6.30. The molecule has 1 amide bonds. The smallest absolute Gasteiger partial charge is 0.261 e. The van der Waals surface area contributed by atoms with Gasteiger partial charge in [0.05, 0.1) is 0 Å². The highest BCUT2D eigenvalue weighted by atomic mass is 35.5. The maximum Gasteiger partial charge on any atom is 0.261 e. The van der Waals surface area contributed by atoms with Gasteiger partial charge in [0.2, 0.25) is 0 Å². The Hall–Kier alpha value is -2.52. The number of ether oxygens (including phenoxy) is 1. The molecule has 1 N–H and O–H groups in total. The second kappa shape index (κ2) is 8.04. The first-order valence-electron chi connectivity index (χ1n) is 8.33. The van der Waals surface area contributed by atoms with Crippen LogP contribution in [0.4, 0.5) is 0 Å². The van der Waals surface area contributed by atoms with Crippen LogP contribution in [0.2, 0.25) is 5.02 Å². The molecular weight excluding hydrogens is 334 g/mol. The largest absolute Gasteiger partial charge is 0.481 e. The van der Waals surface area contributed by atoms with Crippen molar-refractivity contribution in [1.29, 1.82) is 0 Å². The van der Waals surface area contributed by atoms with Crippen molar-refractivity contribution in [3.63, 3.8) is 0 Å². The van der Waals surface area contributed by atoms with E-state index in [-0.39, 0.29) is 5.91 Å². The van der Waals surface area contributed by atoms with Crippen LogP contribution in [-0.2, 0) is 11.3 Å². The van der Waals surface area contributed by atoms with E-state index in [0.717, 1.165) is 10.9 Å². The van der Waals surface area contributed by atoms with Gasteiger partial charge < -0.3 is 10.1 Å². The van der Waals surface area contributed by atoms with Gasteiger partial charge in [-0.1, -0.05) is 61.0 Å². The summed E-state index contributed by atoms with van der Waals surface area (Å²) >= 11 is 5.96. The minimum Gasteiger partial charge on any atom is -0.481 e. The van der Waals surface area contributed by atoms with E-state index in [4.69, 9.17) is 16.3 Å². The molecule has 0 fully saturated rings. The first-order valence-corrected chi connectivity index (χ1v) is 8.71. The highest BCUT2D eigenvalue weighted by Crippen LogP contribution is 2.19. The summed E-state index contributed by atoms with van der Waals surface area (Å²) in [5.41, 5.74) is 1.06. The van der Waals surface area contributed by atoms with Crippen LogP contribution in [-0.4, -0.2) is 12.0 Å². The second-order valence-electron chi connectivity index (χ2n) is 5.87. The van der Waals surface area contributed by atoms with Crippen LogP contribution in [0, 0.1) is 0 Å². The molecule has 0 saturated carbocycles. The van der Waals surface area contributed by atoms with Crippen molar-refractivity contribution in [3.8, 4) is 5.75 Å². The molecule has 3 rings (SSSR count). The molecule has 0 saturated heterocycles. The molecule has 3 aromatic carbocycles. The Morgan fingerprint density at radius 3 is 2.60 bits per heavy atom. The van der Waals surface area contributed by atoms with Crippen LogP contribution in [0.15, 0.2) is 66.7 Å². The zero-order valence-electron chi connectivity index (χ0n) is 14.0. The molecule has 4 heteroatoms. The van der Waals surface area contributed by atoms with Gasteiger partial charge in [-0.3, -0.25) is 4.79 Å². The van der Waals surface area contributed by atoms with Crippen molar-refractivity contribution in [2.45, 2.75) is 26.0 Å². The van der Waals surface area contributed by atoms with Crippen LogP contribution < -0.4 is 10.1 Å². The minimum absolute atomic E-state index is 0.129. The lowest BCUT2D eigenvalue weighted by Crippen LogP contribution is -2.37. The fourth-order valence-corrected chi connectivity index (χ4v) is 2.86. The number of fused-ring (bicyclic) bond motifs is 1. The Morgan fingerprint density at radius 1 is 1.04 bits per heavy atom. The summed E-state index contributed by atoms with van der Waals surface area (Å²) in [7, 11) is 0. The van der Waals surface area contributed by atoms with Crippen molar-refractivity contribution >= 4 is 28.3 Å². The Labute approximate surface area is 152 Å². The molecule has 0 aromatic heterocycles. The molecule has 1 atom stereocenters. The number of benzene rings is 3. The lowest BCUT2D eigenvalue weighted by atomic mass is 10.1. The number of halogens is 1. The SMILES string of the molecule is CC[C@H](Oc1cccc(Cl)c1)C(=O)NCc1ccc2ccccc2c1. The van der Waals surface area contributed by atoms with Crippen molar-refractivity contribution < 1.29 is 9.53 Å². The van der Waals surface area contributed by atoms with E-state index in [0.29, 0.717) is 23.7 Å². The lowest BCUT2D eigenvalue weighted by Gasteiger charge is -2.17. The summed E-state index contributed by atoms with van der Waals surface area (Å²) in [4.78, 5) is 12.4. The summed E-state index contributed by atoms with van der Waals surface area (Å²) in [6, 6.07) is 21.4. The Kier molecular flexibility index (Phi) is 5.56. The standard InChI is InChI=1S/C21H20ClNO2/c1-2-20(25-19-9-5-8-18(22)13-19)21(24)23-14-15-10-11-16-6-3-4-7-17(16)12-15/h3-13,20H,2,14H2,1H3,(H,23,24)/t20-/m0/s1. The van der Waals surface area contributed by atoms with E-state index < -0.39 is 6.10 Å². The van der Waals surface area contributed by atoms with Gasteiger partial charge in [-0.25, -0.2) is 0 Å². The van der Waals surface area contributed by atoms with Gasteiger partial charge in [-0.05, 0) is 47.0 Å². The first kappa shape index (κ1) is 17.3. The van der Waals surface area contributed by atoms with Crippen LogP contribution >= 0.6 is 11.6 Å². The van der Waals surface area contributed by atoms with Crippen molar-refractivity contribution in [2.24, 2.45) is 0 Å². The van der Waals surface area contributed by atoms with Gasteiger partial charge in [0.25, 0.3) is 5.91 Å². The summed E-state index contributed by atoms with van der Waals surface area (Å²) < 4.78 is 5.77. The number of hydrogen-bond acceptors (Lipinski definition) is 2. The molecule has 0 bridgehead atoms. The van der Waals surface area contributed by atoms with Gasteiger partial charge in [0.15, 0.2) is 6.10 Å². The monoisotopic (exact) mass is 353 g/mol. The third kappa shape index (κ3) is 4.52. The van der Waals surface area contributed by atoms with E-state index in [1.165, 1.54) is 5.39 Å². The molecule has 3 aromatic rings. The molecule has 25 heavy (non-hydrogen) atoms. The van der Waals surface area contributed by atoms with Gasteiger partial charge in [-0.15, -0.1) is 0 Å². The fourth-order valence-electron chi connectivity index (χ4n) is 2.68. The van der Waals surface area contributed by atoms with E-state index in [1.54, 1.807) is 24.3 Å². The quantitative estimate of drug-likeness (QED) is 0.679. The van der Waals surface area contributed by atoms with Crippen LogP contribution in [0.25, 0.3) is 10.8 Å². The number of carbonyl (C=O) groups is 1. The molecule has 0 aliphatic carbocycles. The Morgan fingerprint density at radius 2 is 1.84 bits per heavy atom. The van der Waals surface area contributed by atoms with E-state index >= 15 is 0 Å². The maximum absolute atomic E-state index is 12.4. The fraction of sp³-hybridized carbons (Fsp3) is 0.190. The summed E-state index contributed by atoms with van der Waals surface area (Å²) in [5.74, 6) is 0.468. The lowest BCUT2D eigenvalue weighted by molar-refractivity contribution is -0.128. The van der Waals surface area contributed by atoms with E-state index in [1.807, 2.05) is 25.1 Å². The third-order valence-corrected chi connectivity index (χ3v) is 4.25. The number of amides is 1. The number of nitrogens with one attached hydrogen (secondary N) is 1. The second-order valence-corrected chi connectivity index (χ2v) is 6.31. The predicted octanol–water partition coefficient (Wildman–Crippen LogP) is 4.97. The molecule has 0 unspecified atom stereocenters. The number of carbonyl (C=O) groups excluding carboxylic acids is 1. The van der Waals surface area contributed by atoms with Crippen molar-refractivity contribution in [3.05, 3.63) is 77.3 Å². The van der Waals surface area contributed by atoms with Crippen molar-refractivity contribution in [1.82, 2.24) is 5.32 Å². The predicted molar refractivity (Wildman–Crippen MR) is 102 cm³/mol. The molecule has 0 spiro atoms. The molecular formula is C21H20ClNO2. The average molecular weight is 354 g/mol. The highest BCUT2D eigenvalue weighted by Gasteiger charge is 2.18. The minimum atomic E-state index is -0.543. The number of hydrogen-bond donors (Lipinski definition) is 1. The van der Waals surface area contributed by atoms with Crippen LogP contribution in [0.5, 0.6) is 5.75 Å². The average Bonchev–Trinajstić information content (AvgIpc) is 2.64. The summed E-state index contributed by atoms with van der Waals surface area (Å²) in [6.07, 6.45) is 0.0368. The molecule has 128 valence electrons. The summed E-state index contributed by atoms with van der Waals surface area (Å²) in [5, 5.41) is 5.89. The summed E-state index contributed by atoms with van der Waals surface area (Å²) in [6.45, 7) is 2.39.